The predicted octanol–water partition coefficient (Wildman–Crippen LogP) is 2.98. The van der Waals surface area contributed by atoms with Crippen molar-refractivity contribution in [2.75, 3.05) is 26.2 Å². The highest BCUT2D eigenvalue weighted by Crippen LogP contribution is 2.23. The van der Waals surface area contributed by atoms with Crippen LogP contribution in [0.3, 0.4) is 0 Å². The molecule has 2 atom stereocenters. The lowest BCUT2D eigenvalue weighted by molar-refractivity contribution is -0.133. The fourth-order valence-corrected chi connectivity index (χ4v) is 4.17. The largest absolute Gasteiger partial charge is 0.340 e. The van der Waals surface area contributed by atoms with Gasteiger partial charge in [-0.15, -0.1) is 0 Å². The second-order valence-electron chi connectivity index (χ2n) is 7.62. The molecule has 0 spiro atoms. The Morgan fingerprint density at radius 1 is 0.964 bits per heavy atom. The molecule has 4 rings (SSSR count). The smallest absolute Gasteiger partial charge is 0.241 e. The number of nitrogens with zero attached hydrogens (tertiary/aromatic N) is 2. The zero-order valence-electron chi connectivity index (χ0n) is 16.0. The summed E-state index contributed by atoms with van der Waals surface area (Å²) in [7, 11) is 0. The molecular formula is C22H27ClN4O. The van der Waals surface area contributed by atoms with Gasteiger partial charge in [0.2, 0.25) is 5.91 Å². The molecule has 2 aliphatic rings. The van der Waals surface area contributed by atoms with Gasteiger partial charge in [0.1, 0.15) is 6.04 Å². The fourth-order valence-electron chi connectivity index (χ4n) is 4.04. The minimum atomic E-state index is -0.159. The van der Waals surface area contributed by atoms with Crippen LogP contribution in [0.25, 0.3) is 0 Å². The van der Waals surface area contributed by atoms with Crippen molar-refractivity contribution in [3.8, 4) is 0 Å². The van der Waals surface area contributed by atoms with Crippen LogP contribution in [-0.4, -0.2) is 47.9 Å². The highest BCUT2D eigenvalue weighted by atomic mass is 35.5. The van der Waals surface area contributed by atoms with Crippen LogP contribution in [-0.2, 0) is 11.3 Å². The van der Waals surface area contributed by atoms with Crippen LogP contribution < -0.4 is 10.9 Å². The van der Waals surface area contributed by atoms with Crippen LogP contribution in [0, 0.1) is 0 Å². The van der Waals surface area contributed by atoms with Crippen molar-refractivity contribution in [2.24, 2.45) is 0 Å². The summed E-state index contributed by atoms with van der Waals surface area (Å²) in [6, 6.07) is 18.4. The Hall–Kier alpha value is -1.92. The molecule has 5 nitrogen and oxygen atoms in total. The summed E-state index contributed by atoms with van der Waals surface area (Å²) in [6.45, 7) is 4.41. The van der Waals surface area contributed by atoms with E-state index >= 15 is 0 Å². The normalized spacial score (nSPS) is 23.5. The molecule has 0 bridgehead atoms. The van der Waals surface area contributed by atoms with Gasteiger partial charge in [0.25, 0.3) is 0 Å². The molecule has 6 heteroatoms. The molecule has 148 valence electrons. The van der Waals surface area contributed by atoms with Crippen LogP contribution in [0.15, 0.2) is 54.6 Å². The third-order valence-corrected chi connectivity index (χ3v) is 5.87. The molecule has 28 heavy (non-hydrogen) atoms. The van der Waals surface area contributed by atoms with Crippen LogP contribution in [0.4, 0.5) is 0 Å². The van der Waals surface area contributed by atoms with E-state index in [0.717, 1.165) is 50.6 Å². The van der Waals surface area contributed by atoms with Gasteiger partial charge in [0.05, 0.1) is 0 Å². The average molecular weight is 399 g/mol. The van der Waals surface area contributed by atoms with Crippen molar-refractivity contribution >= 4 is 17.5 Å². The van der Waals surface area contributed by atoms with Crippen molar-refractivity contribution in [2.45, 2.75) is 31.5 Å². The minimum Gasteiger partial charge on any atom is -0.340 e. The standard InChI is InChI=1S/C22H27ClN4O/c23-19-9-7-17(8-10-19)16-26-11-4-12-27(14-13-26)22(28)21-15-20(24-25-21)18-5-2-1-3-6-18/h1-3,5-10,20-21,24-25H,4,11-16H2. The van der Waals surface area contributed by atoms with Gasteiger partial charge in [0, 0.05) is 43.8 Å². The Labute approximate surface area is 171 Å². The molecule has 0 saturated carbocycles. The average Bonchev–Trinajstić information content (AvgIpc) is 3.11. The summed E-state index contributed by atoms with van der Waals surface area (Å²) < 4.78 is 0. The van der Waals surface area contributed by atoms with Gasteiger partial charge in [-0.1, -0.05) is 54.1 Å². The van der Waals surface area contributed by atoms with Crippen molar-refractivity contribution < 1.29 is 4.79 Å². The van der Waals surface area contributed by atoms with E-state index < -0.39 is 0 Å². The molecule has 2 fully saturated rings. The minimum absolute atomic E-state index is 0.159. The van der Waals surface area contributed by atoms with Crippen molar-refractivity contribution in [1.82, 2.24) is 20.7 Å². The lowest BCUT2D eigenvalue weighted by Gasteiger charge is -2.24. The summed E-state index contributed by atoms with van der Waals surface area (Å²) in [6.07, 6.45) is 1.79. The summed E-state index contributed by atoms with van der Waals surface area (Å²) in [5, 5.41) is 0.767. The Bertz CT molecular complexity index is 783. The number of carbonyl (C=O) groups is 1. The summed E-state index contributed by atoms with van der Waals surface area (Å²) in [4.78, 5) is 17.5. The molecule has 2 N–H and O–H groups in total. The van der Waals surface area contributed by atoms with E-state index in [4.69, 9.17) is 11.6 Å². The monoisotopic (exact) mass is 398 g/mol. The third-order valence-electron chi connectivity index (χ3n) is 5.62. The van der Waals surface area contributed by atoms with Crippen LogP contribution in [0.2, 0.25) is 5.02 Å². The maximum absolute atomic E-state index is 13.0. The Morgan fingerprint density at radius 2 is 1.75 bits per heavy atom. The van der Waals surface area contributed by atoms with Gasteiger partial charge < -0.3 is 4.90 Å². The summed E-state index contributed by atoms with van der Waals surface area (Å²) >= 11 is 5.98. The van der Waals surface area contributed by atoms with E-state index in [-0.39, 0.29) is 18.0 Å². The lowest BCUT2D eigenvalue weighted by atomic mass is 10.0. The highest BCUT2D eigenvalue weighted by molar-refractivity contribution is 6.30. The second-order valence-corrected chi connectivity index (χ2v) is 8.06. The van der Waals surface area contributed by atoms with Gasteiger partial charge in [-0.25, -0.2) is 10.9 Å². The van der Waals surface area contributed by atoms with E-state index in [0.29, 0.717) is 0 Å². The second kappa shape index (κ2) is 9.05. The zero-order valence-corrected chi connectivity index (χ0v) is 16.7. The lowest BCUT2D eigenvalue weighted by Crippen LogP contribution is -2.46. The topological polar surface area (TPSA) is 47.6 Å². The molecule has 2 aromatic carbocycles. The van der Waals surface area contributed by atoms with E-state index in [9.17, 15) is 4.79 Å². The number of nitrogens with one attached hydrogen (secondary N) is 2. The van der Waals surface area contributed by atoms with Crippen molar-refractivity contribution in [3.63, 3.8) is 0 Å². The quantitative estimate of drug-likeness (QED) is 0.831. The van der Waals surface area contributed by atoms with Crippen molar-refractivity contribution in [3.05, 3.63) is 70.7 Å². The molecular weight excluding hydrogens is 372 g/mol. The first-order valence-corrected chi connectivity index (χ1v) is 10.4. The maximum atomic E-state index is 13.0. The van der Waals surface area contributed by atoms with Gasteiger partial charge in [-0.3, -0.25) is 9.69 Å². The molecule has 2 unspecified atom stereocenters. The molecule has 0 radical (unpaired) electrons. The number of hydrazine groups is 1. The summed E-state index contributed by atoms with van der Waals surface area (Å²) in [5.41, 5.74) is 8.98. The number of hydrogen-bond donors (Lipinski definition) is 2. The first-order valence-electron chi connectivity index (χ1n) is 10.0. The Balaban J connectivity index is 1.30. The maximum Gasteiger partial charge on any atom is 0.241 e. The number of benzene rings is 2. The van der Waals surface area contributed by atoms with E-state index in [1.165, 1.54) is 11.1 Å². The number of halogens is 1. The van der Waals surface area contributed by atoms with Gasteiger partial charge in [-0.05, 0) is 36.1 Å². The molecule has 2 saturated heterocycles. The SMILES string of the molecule is O=C(C1CC(c2ccccc2)NN1)N1CCCN(Cc2ccc(Cl)cc2)CC1. The van der Waals surface area contributed by atoms with Gasteiger partial charge in [-0.2, -0.15) is 0 Å². The molecule has 0 aromatic heterocycles. The number of rotatable bonds is 4. The molecule has 0 aliphatic carbocycles. The number of carbonyl (C=O) groups excluding carboxylic acids is 1. The zero-order chi connectivity index (χ0) is 19.3. The van der Waals surface area contributed by atoms with Crippen molar-refractivity contribution in [1.29, 1.82) is 0 Å². The number of hydrogen-bond acceptors (Lipinski definition) is 4. The third kappa shape index (κ3) is 4.73. The molecule has 2 heterocycles. The first kappa shape index (κ1) is 19.4. The fraction of sp³-hybridized carbons (Fsp3) is 0.409. The number of amides is 1. The molecule has 2 aliphatic heterocycles. The molecule has 1 amide bonds. The van der Waals surface area contributed by atoms with Crippen LogP contribution in [0.5, 0.6) is 0 Å². The molecule has 2 aromatic rings. The van der Waals surface area contributed by atoms with E-state index in [2.05, 4.69) is 40.0 Å². The summed E-state index contributed by atoms with van der Waals surface area (Å²) in [5.74, 6) is 0.208. The Kier molecular flexibility index (Phi) is 6.27. The van der Waals surface area contributed by atoms with E-state index in [1.54, 1.807) is 0 Å². The van der Waals surface area contributed by atoms with E-state index in [1.807, 2.05) is 35.2 Å². The predicted molar refractivity (Wildman–Crippen MR) is 112 cm³/mol. The Morgan fingerprint density at radius 3 is 2.54 bits per heavy atom. The van der Waals surface area contributed by atoms with Crippen LogP contribution in [0.1, 0.15) is 30.0 Å². The first-order chi connectivity index (χ1) is 13.7. The van der Waals surface area contributed by atoms with Gasteiger partial charge in [0.15, 0.2) is 0 Å². The van der Waals surface area contributed by atoms with Gasteiger partial charge >= 0.3 is 0 Å². The highest BCUT2D eigenvalue weighted by Gasteiger charge is 2.33. The van der Waals surface area contributed by atoms with Crippen LogP contribution >= 0.6 is 11.6 Å².